The molecule has 3 aromatic rings. The van der Waals surface area contributed by atoms with E-state index in [0.29, 0.717) is 23.8 Å². The molecule has 0 radical (unpaired) electrons. The molecule has 2 heterocycles. The first-order valence-electron chi connectivity index (χ1n) is 8.51. The average molecular weight is 366 g/mol. The predicted molar refractivity (Wildman–Crippen MR) is 97.6 cm³/mol. The summed E-state index contributed by atoms with van der Waals surface area (Å²) in [4.78, 5) is 24.2. The first-order valence-corrected chi connectivity index (χ1v) is 8.51. The van der Waals surface area contributed by atoms with Gasteiger partial charge in [-0.2, -0.15) is 0 Å². The Labute approximate surface area is 155 Å². The van der Waals surface area contributed by atoms with Gasteiger partial charge in [0.1, 0.15) is 6.54 Å². The van der Waals surface area contributed by atoms with Crippen molar-refractivity contribution in [3.63, 3.8) is 0 Å². The van der Waals surface area contributed by atoms with Crippen molar-refractivity contribution in [1.29, 1.82) is 0 Å². The van der Waals surface area contributed by atoms with Gasteiger partial charge in [0.25, 0.3) is 0 Å². The summed E-state index contributed by atoms with van der Waals surface area (Å²) >= 11 is 0. The van der Waals surface area contributed by atoms with E-state index in [1.54, 1.807) is 12.3 Å². The van der Waals surface area contributed by atoms with Crippen LogP contribution in [0.3, 0.4) is 0 Å². The number of fused-ring (bicyclic) bond motifs is 1. The molecule has 0 saturated heterocycles. The van der Waals surface area contributed by atoms with Gasteiger partial charge in [-0.25, -0.2) is 4.79 Å². The molecule has 4 rings (SSSR count). The Morgan fingerprint density at radius 2 is 1.89 bits per heavy atom. The molecule has 7 nitrogen and oxygen atoms in total. The highest BCUT2D eigenvalue weighted by atomic mass is 16.7. The first-order chi connectivity index (χ1) is 13.1. The second-order valence-electron chi connectivity index (χ2n) is 6.32. The number of aromatic nitrogens is 1. The highest BCUT2D eigenvalue weighted by Crippen LogP contribution is 2.32. The number of nitrogens with one attached hydrogen (secondary N) is 1. The summed E-state index contributed by atoms with van der Waals surface area (Å²) in [6.45, 7) is 2.40. The van der Waals surface area contributed by atoms with Crippen molar-refractivity contribution < 1.29 is 18.7 Å². The monoisotopic (exact) mass is 366 g/mol. The van der Waals surface area contributed by atoms with E-state index in [-0.39, 0.29) is 19.2 Å². The van der Waals surface area contributed by atoms with Gasteiger partial charge in [0.15, 0.2) is 17.3 Å². The van der Waals surface area contributed by atoms with Crippen LogP contribution in [0.1, 0.15) is 11.1 Å². The minimum atomic E-state index is -0.566. The maximum atomic E-state index is 12.2. The van der Waals surface area contributed by atoms with E-state index in [0.717, 1.165) is 16.7 Å². The molecule has 1 amide bonds. The molecule has 0 aliphatic carbocycles. The third kappa shape index (κ3) is 3.72. The number of oxazole rings is 1. The van der Waals surface area contributed by atoms with Gasteiger partial charge in [0.05, 0.1) is 6.20 Å². The second kappa shape index (κ2) is 7.03. The normalized spacial score (nSPS) is 12.2. The number of carbonyl (C=O) groups excluding carboxylic acids is 1. The lowest BCUT2D eigenvalue weighted by molar-refractivity contribution is -0.121. The van der Waals surface area contributed by atoms with Crippen molar-refractivity contribution in [2.45, 2.75) is 20.0 Å². The van der Waals surface area contributed by atoms with Crippen LogP contribution in [0, 0.1) is 6.92 Å². The molecule has 1 aliphatic heterocycles. The van der Waals surface area contributed by atoms with Crippen LogP contribution in [0.5, 0.6) is 11.5 Å². The van der Waals surface area contributed by atoms with Crippen LogP contribution in [0.15, 0.2) is 57.9 Å². The van der Waals surface area contributed by atoms with Gasteiger partial charge in [-0.1, -0.05) is 35.9 Å². The Hall–Kier alpha value is -3.48. The van der Waals surface area contributed by atoms with E-state index in [4.69, 9.17) is 13.9 Å². The third-order valence-corrected chi connectivity index (χ3v) is 4.28. The van der Waals surface area contributed by atoms with Crippen molar-refractivity contribution >= 4 is 5.91 Å². The Morgan fingerprint density at radius 3 is 2.70 bits per heavy atom. The zero-order valence-corrected chi connectivity index (χ0v) is 14.7. The van der Waals surface area contributed by atoms with Gasteiger partial charge >= 0.3 is 5.76 Å². The van der Waals surface area contributed by atoms with Gasteiger partial charge in [0, 0.05) is 12.1 Å². The zero-order chi connectivity index (χ0) is 18.8. The summed E-state index contributed by atoms with van der Waals surface area (Å²) in [6.07, 6.45) is 1.55. The number of nitrogens with zero attached hydrogens (tertiary/aromatic N) is 1. The van der Waals surface area contributed by atoms with Crippen LogP contribution in [0.25, 0.3) is 11.3 Å². The number of amides is 1. The van der Waals surface area contributed by atoms with Crippen molar-refractivity contribution in [1.82, 2.24) is 9.88 Å². The predicted octanol–water partition coefficient (Wildman–Crippen LogP) is 2.46. The van der Waals surface area contributed by atoms with Crippen molar-refractivity contribution in [2.75, 3.05) is 6.79 Å². The molecule has 0 spiro atoms. The smallest absolute Gasteiger partial charge is 0.419 e. The van der Waals surface area contributed by atoms with Crippen molar-refractivity contribution in [3.05, 3.63) is 70.3 Å². The number of benzene rings is 2. The fourth-order valence-corrected chi connectivity index (χ4v) is 2.80. The summed E-state index contributed by atoms with van der Waals surface area (Å²) in [5.41, 5.74) is 2.79. The molecule has 0 fully saturated rings. The van der Waals surface area contributed by atoms with Crippen LogP contribution in [0.2, 0.25) is 0 Å². The maximum absolute atomic E-state index is 12.2. The topological polar surface area (TPSA) is 82.7 Å². The van der Waals surface area contributed by atoms with E-state index in [2.05, 4.69) is 5.32 Å². The van der Waals surface area contributed by atoms with E-state index in [1.165, 1.54) is 4.57 Å². The molecule has 0 saturated carbocycles. The zero-order valence-electron chi connectivity index (χ0n) is 14.7. The number of ether oxygens (including phenoxy) is 2. The summed E-state index contributed by atoms with van der Waals surface area (Å²) in [6, 6.07) is 13.1. The lowest BCUT2D eigenvalue weighted by Gasteiger charge is -2.06. The van der Waals surface area contributed by atoms with Gasteiger partial charge in [-0.05, 0) is 24.6 Å². The Bertz CT molecular complexity index is 1030. The second-order valence-corrected chi connectivity index (χ2v) is 6.32. The summed E-state index contributed by atoms with van der Waals surface area (Å²) in [5, 5.41) is 2.79. The number of hydrogen-bond acceptors (Lipinski definition) is 5. The number of rotatable bonds is 5. The van der Waals surface area contributed by atoms with E-state index < -0.39 is 5.76 Å². The largest absolute Gasteiger partial charge is 0.454 e. The average Bonchev–Trinajstić information content (AvgIpc) is 3.27. The van der Waals surface area contributed by atoms with Crippen LogP contribution in [-0.2, 0) is 17.9 Å². The Kier molecular flexibility index (Phi) is 4.42. The van der Waals surface area contributed by atoms with Gasteiger partial charge in [0.2, 0.25) is 12.7 Å². The standard InChI is InChI=1S/C20H18N2O5/c1-13-2-5-15(6-3-13)18-10-22(20(24)27-18)11-19(23)21-9-14-4-7-16-17(8-14)26-12-25-16/h2-8,10H,9,11-12H2,1H3,(H,21,23). The number of aryl methyl sites for hydroxylation is 1. The molecule has 0 unspecified atom stereocenters. The summed E-state index contributed by atoms with van der Waals surface area (Å²) in [5.74, 6) is 0.938. The van der Waals surface area contributed by atoms with E-state index in [9.17, 15) is 9.59 Å². The molecule has 1 N–H and O–H groups in total. The lowest BCUT2D eigenvalue weighted by Crippen LogP contribution is -2.30. The van der Waals surface area contributed by atoms with Gasteiger partial charge in [-0.3, -0.25) is 9.36 Å². The molecule has 0 bridgehead atoms. The van der Waals surface area contributed by atoms with Crippen molar-refractivity contribution in [3.8, 4) is 22.8 Å². The highest BCUT2D eigenvalue weighted by molar-refractivity contribution is 5.75. The van der Waals surface area contributed by atoms with E-state index in [1.807, 2.05) is 43.3 Å². The molecule has 1 aliphatic rings. The molecule has 27 heavy (non-hydrogen) atoms. The molecule has 1 aromatic heterocycles. The maximum Gasteiger partial charge on any atom is 0.419 e. The molecule has 138 valence electrons. The summed E-state index contributed by atoms with van der Waals surface area (Å²) in [7, 11) is 0. The Balaban J connectivity index is 1.39. The molecule has 0 atom stereocenters. The third-order valence-electron chi connectivity index (χ3n) is 4.28. The van der Waals surface area contributed by atoms with Crippen LogP contribution < -0.4 is 20.5 Å². The van der Waals surface area contributed by atoms with Gasteiger partial charge in [-0.15, -0.1) is 0 Å². The summed E-state index contributed by atoms with van der Waals surface area (Å²) < 4.78 is 17.1. The van der Waals surface area contributed by atoms with Crippen molar-refractivity contribution in [2.24, 2.45) is 0 Å². The van der Waals surface area contributed by atoms with Gasteiger partial charge < -0.3 is 19.2 Å². The number of hydrogen-bond donors (Lipinski definition) is 1. The fraction of sp³-hybridized carbons (Fsp3) is 0.200. The van der Waals surface area contributed by atoms with Crippen LogP contribution in [-0.4, -0.2) is 17.3 Å². The first kappa shape index (κ1) is 17.0. The minimum absolute atomic E-state index is 0.112. The minimum Gasteiger partial charge on any atom is -0.454 e. The fourth-order valence-electron chi connectivity index (χ4n) is 2.80. The molecule has 7 heteroatoms. The molecule has 2 aromatic carbocycles. The molecular weight excluding hydrogens is 348 g/mol. The SMILES string of the molecule is Cc1ccc(-c2cn(CC(=O)NCc3ccc4c(c3)OCO4)c(=O)o2)cc1. The van der Waals surface area contributed by atoms with Crippen LogP contribution >= 0.6 is 0 Å². The quantitative estimate of drug-likeness (QED) is 0.750. The number of carbonyl (C=O) groups is 1. The molecular formula is C20H18N2O5. The van der Waals surface area contributed by atoms with E-state index >= 15 is 0 Å². The van der Waals surface area contributed by atoms with Crippen LogP contribution in [0.4, 0.5) is 0 Å². The lowest BCUT2D eigenvalue weighted by atomic mass is 10.1. The Morgan fingerprint density at radius 1 is 1.11 bits per heavy atom. The highest BCUT2D eigenvalue weighted by Gasteiger charge is 2.14.